The average Bonchev–Trinajstić information content (AvgIpc) is 3.05. The lowest BCUT2D eigenvalue weighted by molar-refractivity contribution is 0.0987. The van der Waals surface area contributed by atoms with Gasteiger partial charge in [-0.15, -0.1) is 20.4 Å². The van der Waals surface area contributed by atoms with Gasteiger partial charge in [0.15, 0.2) is 16.5 Å². The average molecular weight is 707 g/mol. The van der Waals surface area contributed by atoms with Gasteiger partial charge in [0.05, 0.1) is 11.4 Å². The van der Waals surface area contributed by atoms with Gasteiger partial charge >= 0.3 is 0 Å². The van der Waals surface area contributed by atoms with Crippen molar-refractivity contribution in [2.24, 2.45) is 11.5 Å². The Labute approximate surface area is 298 Å². The molecule has 0 radical (unpaired) electrons. The number of phenolic OH excluding ortho intramolecular Hbond substituents is 1. The monoisotopic (exact) mass is 706 g/mol. The van der Waals surface area contributed by atoms with Gasteiger partial charge in [-0.2, -0.15) is 0 Å². The van der Waals surface area contributed by atoms with Gasteiger partial charge in [0.1, 0.15) is 23.1 Å². The van der Waals surface area contributed by atoms with E-state index in [0.717, 1.165) is 22.5 Å². The zero-order valence-corrected chi connectivity index (χ0v) is 28.9. The first kappa shape index (κ1) is 37.2. The molecule has 0 aliphatic heterocycles. The van der Waals surface area contributed by atoms with E-state index in [1.165, 1.54) is 6.07 Å². The predicted molar refractivity (Wildman–Crippen MR) is 195 cm³/mol. The van der Waals surface area contributed by atoms with Crippen LogP contribution in [0.2, 0.25) is 5.15 Å². The van der Waals surface area contributed by atoms with Gasteiger partial charge in [0.25, 0.3) is 11.8 Å². The molecule has 0 atom stereocenters. The number of benzene rings is 2. The molecule has 2 amide bonds. The van der Waals surface area contributed by atoms with Crippen molar-refractivity contribution in [1.29, 1.82) is 0 Å². The molecule has 4 aromatic heterocycles. The number of phenols is 1. The van der Waals surface area contributed by atoms with Crippen LogP contribution in [-0.4, -0.2) is 47.3 Å². The second-order valence-corrected chi connectivity index (χ2v) is 11.3. The van der Waals surface area contributed by atoms with E-state index in [1.807, 2.05) is 88.4 Å². The fourth-order valence-corrected chi connectivity index (χ4v) is 4.42. The molecular weight excluding hydrogens is 672 g/mol. The molecule has 0 bridgehead atoms. The zero-order chi connectivity index (χ0) is 36.9. The van der Waals surface area contributed by atoms with Crippen molar-refractivity contribution in [3.63, 3.8) is 0 Å². The van der Waals surface area contributed by atoms with E-state index in [-0.39, 0.29) is 22.4 Å². The van der Waals surface area contributed by atoms with E-state index in [1.54, 1.807) is 30.3 Å². The quantitative estimate of drug-likeness (QED) is 0.115. The van der Waals surface area contributed by atoms with Gasteiger partial charge in [0.2, 0.25) is 5.88 Å². The molecule has 0 unspecified atom stereocenters. The van der Waals surface area contributed by atoms with Crippen LogP contribution in [-0.2, 0) is 0 Å². The standard InChI is InChI=1S/C18H17N5O2.C11H10ClN5O.C7H8O/c1-11-5-3-7-13(9-11)25-16-10-14(17(18(19)24)23-22-16)21-15-8-4-6-12(2)20-15;1-6-3-2-4-9(14-6)15-7-5-8(12)16-17-10(7)11(13)18;1-6-3-2-4-7(8)5-6/h3-10H,1-2H3,(H2,19,24)(H,20,21,22);2-5H,1H3,(H2,13,18)(H,14,15,16);2-5,8H,1H3. The molecule has 51 heavy (non-hydrogen) atoms. The number of nitrogens with one attached hydrogen (secondary N) is 2. The van der Waals surface area contributed by atoms with E-state index in [0.29, 0.717) is 34.5 Å². The summed E-state index contributed by atoms with van der Waals surface area (Å²) in [5, 5.41) is 30.0. The first-order valence-corrected chi connectivity index (χ1v) is 15.7. The molecule has 6 aromatic rings. The number of nitrogens with zero attached hydrogens (tertiary/aromatic N) is 6. The molecule has 7 N–H and O–H groups in total. The number of halogens is 1. The van der Waals surface area contributed by atoms with Crippen LogP contribution in [0.1, 0.15) is 43.5 Å². The third kappa shape index (κ3) is 11.8. The maximum absolute atomic E-state index is 11.6. The van der Waals surface area contributed by atoms with E-state index in [9.17, 15) is 9.59 Å². The summed E-state index contributed by atoms with van der Waals surface area (Å²) in [5.41, 5.74) is 15.2. The highest BCUT2D eigenvalue weighted by Gasteiger charge is 2.15. The highest BCUT2D eigenvalue weighted by molar-refractivity contribution is 6.29. The van der Waals surface area contributed by atoms with E-state index in [2.05, 4.69) is 41.0 Å². The number of aromatic hydroxyl groups is 1. The van der Waals surface area contributed by atoms with Crippen molar-refractivity contribution in [3.8, 4) is 17.4 Å². The Morgan fingerprint density at radius 2 is 1.16 bits per heavy atom. The summed E-state index contributed by atoms with van der Waals surface area (Å²) >= 11 is 5.73. The van der Waals surface area contributed by atoms with Crippen LogP contribution in [0.3, 0.4) is 0 Å². The zero-order valence-electron chi connectivity index (χ0n) is 28.1. The molecule has 2 aromatic carbocycles. The van der Waals surface area contributed by atoms with Crippen molar-refractivity contribution in [1.82, 2.24) is 30.4 Å². The number of aryl methyl sites for hydroxylation is 4. The molecule has 260 valence electrons. The molecule has 0 aliphatic carbocycles. The van der Waals surface area contributed by atoms with Crippen LogP contribution in [0.4, 0.5) is 23.0 Å². The Balaban J connectivity index is 0.000000194. The first-order valence-electron chi connectivity index (χ1n) is 15.3. The van der Waals surface area contributed by atoms with Crippen molar-refractivity contribution in [3.05, 3.63) is 136 Å². The Morgan fingerprint density at radius 1 is 0.647 bits per heavy atom. The molecule has 0 fully saturated rings. The first-order chi connectivity index (χ1) is 24.4. The number of aromatic nitrogens is 6. The third-order valence-corrected chi connectivity index (χ3v) is 6.70. The van der Waals surface area contributed by atoms with Gasteiger partial charge < -0.3 is 31.9 Å². The number of pyridine rings is 2. The second kappa shape index (κ2) is 17.6. The highest BCUT2D eigenvalue weighted by Crippen LogP contribution is 2.26. The Kier molecular flexibility index (Phi) is 12.9. The molecule has 0 saturated heterocycles. The van der Waals surface area contributed by atoms with Crippen LogP contribution in [0.25, 0.3) is 0 Å². The lowest BCUT2D eigenvalue weighted by Crippen LogP contribution is -2.16. The number of primary amides is 2. The van der Waals surface area contributed by atoms with Crippen molar-refractivity contribution in [2.45, 2.75) is 27.7 Å². The van der Waals surface area contributed by atoms with Gasteiger partial charge in [-0.1, -0.05) is 48.0 Å². The largest absolute Gasteiger partial charge is 0.508 e. The maximum atomic E-state index is 11.6. The molecule has 0 aliphatic rings. The summed E-state index contributed by atoms with van der Waals surface area (Å²) in [6, 6.07) is 28.7. The summed E-state index contributed by atoms with van der Waals surface area (Å²) < 4.78 is 5.71. The van der Waals surface area contributed by atoms with Gasteiger partial charge in [-0.3, -0.25) is 9.59 Å². The van der Waals surface area contributed by atoms with Crippen molar-refractivity contribution >= 4 is 46.4 Å². The minimum Gasteiger partial charge on any atom is -0.508 e. The second-order valence-electron chi connectivity index (χ2n) is 10.9. The number of anilines is 4. The Hall–Kier alpha value is -6.67. The molecule has 0 spiro atoms. The van der Waals surface area contributed by atoms with E-state index < -0.39 is 11.8 Å². The molecule has 14 nitrogen and oxygen atoms in total. The summed E-state index contributed by atoms with van der Waals surface area (Å²) in [7, 11) is 0. The molecule has 15 heteroatoms. The molecule has 6 rings (SSSR count). The fourth-order valence-electron chi connectivity index (χ4n) is 4.28. The minimum absolute atomic E-state index is 0.0138. The summed E-state index contributed by atoms with van der Waals surface area (Å²) in [6.07, 6.45) is 0. The molecular formula is C36H35ClN10O4. The number of nitrogens with two attached hydrogens (primary N) is 2. The Morgan fingerprint density at radius 3 is 1.65 bits per heavy atom. The lowest BCUT2D eigenvalue weighted by Gasteiger charge is -2.11. The topological polar surface area (TPSA) is 217 Å². The number of amides is 2. The van der Waals surface area contributed by atoms with Crippen LogP contribution >= 0.6 is 11.6 Å². The lowest BCUT2D eigenvalue weighted by atomic mass is 10.2. The SMILES string of the molecule is Cc1cccc(Nc2cc(Cl)nnc2C(N)=O)n1.Cc1cccc(O)c1.Cc1cccc(Oc2cc(Nc3cccc(C)n3)c(C(N)=O)nn2)c1. The van der Waals surface area contributed by atoms with Crippen LogP contribution < -0.4 is 26.8 Å². The molecule has 0 saturated carbocycles. The maximum Gasteiger partial charge on any atom is 0.271 e. The van der Waals surface area contributed by atoms with E-state index in [4.69, 9.17) is 32.9 Å². The number of carbonyl (C=O) groups is 2. The van der Waals surface area contributed by atoms with Crippen molar-refractivity contribution < 1.29 is 19.4 Å². The normalized spacial score (nSPS) is 10.1. The van der Waals surface area contributed by atoms with Crippen LogP contribution in [0, 0.1) is 27.7 Å². The third-order valence-electron chi connectivity index (χ3n) is 6.52. The number of ether oxygens (including phenoxy) is 1. The fraction of sp³-hybridized carbons (Fsp3) is 0.111. The van der Waals surface area contributed by atoms with Gasteiger partial charge in [-0.25, -0.2) is 9.97 Å². The summed E-state index contributed by atoms with van der Waals surface area (Å²) in [5.74, 6) is 0.967. The number of hydrogen-bond acceptors (Lipinski definition) is 12. The van der Waals surface area contributed by atoms with Crippen LogP contribution in [0.5, 0.6) is 17.4 Å². The van der Waals surface area contributed by atoms with E-state index >= 15 is 0 Å². The van der Waals surface area contributed by atoms with Gasteiger partial charge in [0, 0.05) is 23.5 Å². The van der Waals surface area contributed by atoms with Crippen LogP contribution in [0.15, 0.2) is 97.1 Å². The number of rotatable bonds is 8. The number of carbonyl (C=O) groups excluding carboxylic acids is 2. The smallest absolute Gasteiger partial charge is 0.271 e. The predicted octanol–water partition coefficient (Wildman–Crippen LogP) is 6.50. The van der Waals surface area contributed by atoms with Crippen molar-refractivity contribution in [2.75, 3.05) is 10.6 Å². The Bertz CT molecular complexity index is 2130. The molecule has 4 heterocycles. The minimum atomic E-state index is -0.690. The summed E-state index contributed by atoms with van der Waals surface area (Å²) in [4.78, 5) is 31.4. The summed E-state index contributed by atoms with van der Waals surface area (Å²) in [6.45, 7) is 7.64. The number of hydrogen-bond donors (Lipinski definition) is 5. The van der Waals surface area contributed by atoms with Gasteiger partial charge in [-0.05, 0) is 87.4 Å². The highest BCUT2D eigenvalue weighted by atomic mass is 35.5.